The Morgan fingerprint density at radius 2 is 1.95 bits per heavy atom. The van der Waals surface area contributed by atoms with Crippen molar-refractivity contribution in [3.63, 3.8) is 0 Å². The number of aryl methyl sites for hydroxylation is 4. The summed E-state index contributed by atoms with van der Waals surface area (Å²) in [6.07, 6.45) is 0. The number of pyridine rings is 1. The van der Waals surface area contributed by atoms with Gasteiger partial charge in [-0.25, -0.2) is 0 Å². The first-order chi connectivity index (χ1) is 8.97. The summed E-state index contributed by atoms with van der Waals surface area (Å²) in [5, 5.41) is 3.60. The van der Waals surface area contributed by atoms with E-state index in [2.05, 4.69) is 63.1 Å². The zero-order valence-corrected chi connectivity index (χ0v) is 13.2. The van der Waals surface area contributed by atoms with Crippen molar-refractivity contribution in [2.75, 3.05) is 0 Å². The van der Waals surface area contributed by atoms with Gasteiger partial charge in [0.25, 0.3) is 0 Å². The molecule has 0 amide bonds. The largest absolute Gasteiger partial charge is 0.305 e. The highest BCUT2D eigenvalue weighted by atomic mass is 32.1. The summed E-state index contributed by atoms with van der Waals surface area (Å²) >= 11 is 1.86. The van der Waals surface area contributed by atoms with Crippen LogP contribution >= 0.6 is 11.3 Å². The fourth-order valence-electron chi connectivity index (χ4n) is 2.62. The molecule has 2 nitrogen and oxygen atoms in total. The summed E-state index contributed by atoms with van der Waals surface area (Å²) in [5.74, 6) is 0. The van der Waals surface area contributed by atoms with Crippen LogP contribution in [0.15, 0.2) is 18.2 Å². The molecular formula is C16H22N2S. The number of rotatable bonds is 4. The van der Waals surface area contributed by atoms with E-state index in [0.717, 1.165) is 17.9 Å². The van der Waals surface area contributed by atoms with Gasteiger partial charge < -0.3 is 5.32 Å². The van der Waals surface area contributed by atoms with E-state index in [1.54, 1.807) is 0 Å². The monoisotopic (exact) mass is 274 g/mol. The van der Waals surface area contributed by atoms with Crippen molar-refractivity contribution < 1.29 is 0 Å². The van der Waals surface area contributed by atoms with Crippen LogP contribution in [0.4, 0.5) is 0 Å². The van der Waals surface area contributed by atoms with Gasteiger partial charge in [-0.05, 0) is 63.9 Å². The Balaban J connectivity index is 2.10. The average Bonchev–Trinajstić information content (AvgIpc) is 2.71. The number of thiophene rings is 1. The molecule has 3 heteroatoms. The molecule has 1 unspecified atom stereocenters. The molecule has 0 aromatic carbocycles. The summed E-state index contributed by atoms with van der Waals surface area (Å²) in [4.78, 5) is 7.34. The van der Waals surface area contributed by atoms with Crippen molar-refractivity contribution in [3.8, 4) is 0 Å². The third kappa shape index (κ3) is 3.43. The van der Waals surface area contributed by atoms with Gasteiger partial charge in [0.1, 0.15) is 0 Å². The molecule has 0 bridgehead atoms. The highest BCUT2D eigenvalue weighted by molar-refractivity contribution is 7.11. The molecule has 2 rings (SSSR count). The van der Waals surface area contributed by atoms with Gasteiger partial charge in [0, 0.05) is 33.7 Å². The summed E-state index contributed by atoms with van der Waals surface area (Å²) in [7, 11) is 0. The molecule has 2 aromatic rings. The molecule has 0 radical (unpaired) electrons. The van der Waals surface area contributed by atoms with Crippen LogP contribution in [0, 0.1) is 27.7 Å². The first-order valence-electron chi connectivity index (χ1n) is 6.71. The topological polar surface area (TPSA) is 24.9 Å². The Bertz CT molecular complexity index is 549. The van der Waals surface area contributed by atoms with E-state index in [1.807, 2.05) is 11.3 Å². The SMILES string of the molecule is Cc1cc(C)c(C(C)NCc2ccc(C)s2)c(C)n1. The van der Waals surface area contributed by atoms with Crippen molar-refractivity contribution in [2.24, 2.45) is 0 Å². The smallest absolute Gasteiger partial charge is 0.0426 e. The zero-order valence-electron chi connectivity index (χ0n) is 12.4. The normalized spacial score (nSPS) is 12.7. The van der Waals surface area contributed by atoms with E-state index >= 15 is 0 Å². The van der Waals surface area contributed by atoms with Crippen LogP contribution in [0.25, 0.3) is 0 Å². The maximum absolute atomic E-state index is 4.58. The van der Waals surface area contributed by atoms with Crippen LogP contribution in [0.5, 0.6) is 0 Å². The molecule has 0 aliphatic rings. The second kappa shape index (κ2) is 5.85. The summed E-state index contributed by atoms with van der Waals surface area (Å²) in [5.41, 5.74) is 4.89. The third-order valence-corrected chi connectivity index (χ3v) is 4.40. The minimum atomic E-state index is 0.329. The van der Waals surface area contributed by atoms with Crippen LogP contribution in [-0.4, -0.2) is 4.98 Å². The van der Waals surface area contributed by atoms with Crippen LogP contribution in [0.3, 0.4) is 0 Å². The Kier molecular flexibility index (Phi) is 4.38. The van der Waals surface area contributed by atoms with Gasteiger partial charge in [0.15, 0.2) is 0 Å². The standard InChI is InChI=1S/C16H22N2S/c1-10-8-11(2)18-14(5)16(10)13(4)17-9-15-7-6-12(3)19-15/h6-8,13,17H,9H2,1-5H3. The van der Waals surface area contributed by atoms with Gasteiger partial charge in [-0.2, -0.15) is 0 Å². The van der Waals surface area contributed by atoms with Crippen LogP contribution < -0.4 is 5.32 Å². The Labute approximate surface area is 119 Å². The van der Waals surface area contributed by atoms with E-state index < -0.39 is 0 Å². The van der Waals surface area contributed by atoms with Crippen LogP contribution in [0.2, 0.25) is 0 Å². The second-order valence-corrected chi connectivity index (χ2v) is 6.57. The molecular weight excluding hydrogens is 252 g/mol. The Morgan fingerprint density at radius 3 is 2.53 bits per heavy atom. The number of nitrogens with one attached hydrogen (secondary N) is 1. The molecule has 2 heterocycles. The first-order valence-corrected chi connectivity index (χ1v) is 7.52. The maximum Gasteiger partial charge on any atom is 0.0426 e. The van der Waals surface area contributed by atoms with Gasteiger partial charge in [0.05, 0.1) is 0 Å². The fraction of sp³-hybridized carbons (Fsp3) is 0.438. The first kappa shape index (κ1) is 14.2. The molecule has 102 valence electrons. The molecule has 19 heavy (non-hydrogen) atoms. The summed E-state index contributed by atoms with van der Waals surface area (Å²) < 4.78 is 0. The predicted molar refractivity (Wildman–Crippen MR) is 82.8 cm³/mol. The van der Waals surface area contributed by atoms with Crippen molar-refractivity contribution >= 4 is 11.3 Å². The van der Waals surface area contributed by atoms with Gasteiger partial charge in [-0.3, -0.25) is 4.98 Å². The Hall–Kier alpha value is -1.19. The molecule has 0 fully saturated rings. The van der Waals surface area contributed by atoms with Gasteiger partial charge in [-0.1, -0.05) is 0 Å². The Morgan fingerprint density at radius 1 is 1.21 bits per heavy atom. The molecule has 0 aliphatic heterocycles. The van der Waals surface area contributed by atoms with Gasteiger partial charge in [-0.15, -0.1) is 11.3 Å². The quantitative estimate of drug-likeness (QED) is 0.902. The number of hydrogen-bond acceptors (Lipinski definition) is 3. The van der Waals surface area contributed by atoms with Crippen LogP contribution in [-0.2, 0) is 6.54 Å². The number of nitrogens with zero attached hydrogens (tertiary/aromatic N) is 1. The molecule has 0 saturated heterocycles. The van der Waals surface area contributed by atoms with Crippen molar-refractivity contribution in [1.29, 1.82) is 0 Å². The van der Waals surface area contributed by atoms with Gasteiger partial charge >= 0.3 is 0 Å². The minimum absolute atomic E-state index is 0.329. The maximum atomic E-state index is 4.58. The fourth-order valence-corrected chi connectivity index (χ4v) is 3.47. The lowest BCUT2D eigenvalue weighted by atomic mass is 10.0. The lowest BCUT2D eigenvalue weighted by molar-refractivity contribution is 0.570. The highest BCUT2D eigenvalue weighted by Crippen LogP contribution is 2.22. The van der Waals surface area contributed by atoms with Crippen molar-refractivity contribution in [2.45, 2.75) is 47.2 Å². The molecule has 0 saturated carbocycles. The second-order valence-electron chi connectivity index (χ2n) is 5.19. The minimum Gasteiger partial charge on any atom is -0.305 e. The lowest BCUT2D eigenvalue weighted by Gasteiger charge is -2.18. The predicted octanol–water partition coefficient (Wildman–Crippen LogP) is 4.23. The van der Waals surface area contributed by atoms with Crippen LogP contribution in [0.1, 0.15) is 45.2 Å². The third-order valence-electron chi connectivity index (χ3n) is 3.40. The zero-order chi connectivity index (χ0) is 14.0. The number of aromatic nitrogens is 1. The number of hydrogen-bond donors (Lipinski definition) is 1. The molecule has 0 aliphatic carbocycles. The molecule has 1 atom stereocenters. The van der Waals surface area contributed by atoms with Crippen molar-refractivity contribution in [3.05, 3.63) is 50.5 Å². The lowest BCUT2D eigenvalue weighted by Crippen LogP contribution is -2.20. The van der Waals surface area contributed by atoms with E-state index in [1.165, 1.54) is 20.9 Å². The molecule has 1 N–H and O–H groups in total. The summed E-state index contributed by atoms with van der Waals surface area (Å²) in [6.45, 7) is 11.6. The average molecular weight is 274 g/mol. The molecule has 2 aromatic heterocycles. The highest BCUT2D eigenvalue weighted by Gasteiger charge is 2.12. The van der Waals surface area contributed by atoms with E-state index in [0.29, 0.717) is 6.04 Å². The molecule has 0 spiro atoms. The van der Waals surface area contributed by atoms with Crippen molar-refractivity contribution in [1.82, 2.24) is 10.3 Å². The van der Waals surface area contributed by atoms with E-state index in [-0.39, 0.29) is 0 Å². The van der Waals surface area contributed by atoms with E-state index in [4.69, 9.17) is 0 Å². The summed E-state index contributed by atoms with van der Waals surface area (Å²) in [6, 6.07) is 6.87. The van der Waals surface area contributed by atoms with E-state index in [9.17, 15) is 0 Å². The van der Waals surface area contributed by atoms with Gasteiger partial charge in [0.2, 0.25) is 0 Å².